The first kappa shape index (κ1) is 43.8. The van der Waals surface area contributed by atoms with E-state index in [0.29, 0.717) is 24.5 Å². The van der Waals surface area contributed by atoms with E-state index in [2.05, 4.69) is 22.5 Å². The first-order valence-electron chi connectivity index (χ1n) is 19.1. The number of aromatic nitrogens is 1. The molecule has 0 bridgehead atoms. The molecular weight excluding hydrogens is 699 g/mol. The lowest BCUT2D eigenvalue weighted by molar-refractivity contribution is -0.149. The topological polar surface area (TPSA) is 182 Å². The summed E-state index contributed by atoms with van der Waals surface area (Å²) in [6.07, 6.45) is 4.59. The maximum Gasteiger partial charge on any atom is 0.303 e. The number of rotatable bonds is 22. The summed E-state index contributed by atoms with van der Waals surface area (Å²) < 4.78 is 6.02. The molecule has 53 heavy (non-hydrogen) atoms. The molecule has 6 atom stereocenters. The van der Waals surface area contributed by atoms with E-state index in [9.17, 15) is 34.5 Å². The molecule has 1 aromatic carbocycles. The number of ether oxygens (including phenoxy) is 1. The zero-order valence-electron chi connectivity index (χ0n) is 32.3. The second-order valence-corrected chi connectivity index (χ2v) is 15.6. The van der Waals surface area contributed by atoms with Crippen molar-refractivity contribution in [2.75, 3.05) is 26.9 Å². The van der Waals surface area contributed by atoms with Gasteiger partial charge in [0.15, 0.2) is 0 Å². The standard InChI is InChI=1S/C39H61N5O8S/c1-7-9-20-52-24-44(39(51)35(26(5)8-2)42-37(50)31-12-10-11-19-43(31)6)32(25(3)4)22-33(46)38-41-30(23-53-38)36(49)40-28(15-18-34(47)48)21-27-13-16-29(45)17-14-27/h13-14,16-17,23,25-26,28,31-33,35,45-46H,7-12,15,18-22,24H2,1-6H3,(H,40,49)(H,42,50)(H,47,48)/t26-,28+,31+,32+,33+,35-/m0/s1. The van der Waals surface area contributed by atoms with Crippen molar-refractivity contribution in [2.24, 2.45) is 11.8 Å². The molecule has 1 aliphatic rings. The first-order chi connectivity index (χ1) is 25.2. The minimum absolute atomic E-state index is 0.00479. The fourth-order valence-electron chi connectivity index (χ4n) is 6.58. The summed E-state index contributed by atoms with van der Waals surface area (Å²) in [4.78, 5) is 60.9. The number of carboxylic acid groups (broad SMARTS) is 1. The van der Waals surface area contributed by atoms with Gasteiger partial charge in [-0.15, -0.1) is 11.3 Å². The zero-order chi connectivity index (χ0) is 39.1. The second-order valence-electron chi connectivity index (χ2n) is 14.7. The third-order valence-electron chi connectivity index (χ3n) is 10.1. The summed E-state index contributed by atoms with van der Waals surface area (Å²) >= 11 is 1.13. The van der Waals surface area contributed by atoms with Crippen LogP contribution in [0.25, 0.3) is 0 Å². The minimum atomic E-state index is -1.10. The Labute approximate surface area is 318 Å². The van der Waals surface area contributed by atoms with Crippen molar-refractivity contribution in [3.05, 3.63) is 45.9 Å². The Morgan fingerprint density at radius 3 is 2.43 bits per heavy atom. The number of unbranched alkanes of at least 4 members (excludes halogenated alkanes) is 1. The summed E-state index contributed by atoms with van der Waals surface area (Å²) in [5.74, 6) is -2.02. The van der Waals surface area contributed by atoms with Crippen molar-refractivity contribution in [3.8, 4) is 5.75 Å². The van der Waals surface area contributed by atoms with Gasteiger partial charge in [-0.3, -0.25) is 24.1 Å². The maximum atomic E-state index is 14.5. The Balaban J connectivity index is 1.80. The third-order valence-corrected chi connectivity index (χ3v) is 11.1. The molecule has 2 aromatic rings. The molecule has 5 N–H and O–H groups in total. The van der Waals surface area contributed by atoms with E-state index in [-0.39, 0.29) is 67.1 Å². The molecule has 0 saturated carbocycles. The largest absolute Gasteiger partial charge is 0.508 e. The van der Waals surface area contributed by atoms with Crippen LogP contribution >= 0.6 is 11.3 Å². The van der Waals surface area contributed by atoms with Crippen LogP contribution in [0, 0.1) is 11.8 Å². The predicted octanol–water partition coefficient (Wildman–Crippen LogP) is 5.12. The van der Waals surface area contributed by atoms with Crippen molar-refractivity contribution in [1.82, 2.24) is 25.4 Å². The fourth-order valence-corrected chi connectivity index (χ4v) is 7.38. The lowest BCUT2D eigenvalue weighted by atomic mass is 9.92. The molecule has 3 rings (SSSR count). The summed E-state index contributed by atoms with van der Waals surface area (Å²) in [7, 11) is 1.94. The number of aliphatic hydroxyl groups excluding tert-OH is 1. The van der Waals surface area contributed by atoms with Crippen molar-refractivity contribution in [3.63, 3.8) is 0 Å². The van der Waals surface area contributed by atoms with Crippen molar-refractivity contribution >= 4 is 35.0 Å². The number of phenols is 1. The number of aliphatic carboxylic acids is 1. The number of hydrogen-bond donors (Lipinski definition) is 5. The molecule has 1 saturated heterocycles. The minimum Gasteiger partial charge on any atom is -0.508 e. The van der Waals surface area contributed by atoms with Gasteiger partial charge in [0, 0.05) is 36.9 Å². The van der Waals surface area contributed by atoms with Gasteiger partial charge < -0.3 is 35.6 Å². The van der Waals surface area contributed by atoms with Gasteiger partial charge in [-0.05, 0) is 75.2 Å². The highest BCUT2D eigenvalue weighted by Crippen LogP contribution is 2.29. The molecular formula is C39H61N5O8S. The highest BCUT2D eigenvalue weighted by molar-refractivity contribution is 7.09. The van der Waals surface area contributed by atoms with E-state index in [1.165, 1.54) is 12.1 Å². The van der Waals surface area contributed by atoms with E-state index in [0.717, 1.165) is 55.5 Å². The Hall–Kier alpha value is -3.59. The van der Waals surface area contributed by atoms with E-state index < -0.39 is 36.1 Å². The number of thiazole rings is 1. The number of carbonyl (C=O) groups is 4. The van der Waals surface area contributed by atoms with Gasteiger partial charge in [0.2, 0.25) is 11.8 Å². The van der Waals surface area contributed by atoms with Gasteiger partial charge in [-0.2, -0.15) is 0 Å². The quantitative estimate of drug-likeness (QED) is 0.0799. The summed E-state index contributed by atoms with van der Waals surface area (Å²) in [6.45, 7) is 11.3. The number of nitrogens with one attached hydrogen (secondary N) is 2. The van der Waals surface area contributed by atoms with Crippen LogP contribution in [0.4, 0.5) is 0 Å². The number of carbonyl (C=O) groups excluding carboxylic acids is 3. The van der Waals surface area contributed by atoms with E-state index in [4.69, 9.17) is 4.74 Å². The van der Waals surface area contributed by atoms with Crippen LogP contribution < -0.4 is 10.6 Å². The molecule has 0 radical (unpaired) electrons. The van der Waals surface area contributed by atoms with Crippen LogP contribution in [0.15, 0.2) is 29.6 Å². The molecule has 296 valence electrons. The van der Waals surface area contributed by atoms with Gasteiger partial charge in [0.05, 0.1) is 6.04 Å². The smallest absolute Gasteiger partial charge is 0.303 e. The Morgan fingerprint density at radius 1 is 1.09 bits per heavy atom. The summed E-state index contributed by atoms with van der Waals surface area (Å²) in [6, 6.07) is 4.45. The summed E-state index contributed by atoms with van der Waals surface area (Å²) in [5, 5.41) is 38.3. The number of benzene rings is 1. The second kappa shape index (κ2) is 21.9. The molecule has 3 amide bonds. The van der Waals surface area contributed by atoms with Gasteiger partial charge in [-0.1, -0.05) is 66.0 Å². The van der Waals surface area contributed by atoms with Gasteiger partial charge in [0.1, 0.15) is 35.3 Å². The number of piperidine rings is 1. The van der Waals surface area contributed by atoms with Crippen LogP contribution in [-0.4, -0.2) is 105 Å². The molecule has 2 heterocycles. The van der Waals surface area contributed by atoms with Crippen molar-refractivity contribution in [2.45, 2.75) is 129 Å². The average molecular weight is 760 g/mol. The highest BCUT2D eigenvalue weighted by Gasteiger charge is 2.38. The monoisotopic (exact) mass is 759 g/mol. The number of amides is 3. The molecule has 1 fully saturated rings. The number of likely N-dealkylation sites (tertiary alicyclic amines) is 1. The Kier molecular flexibility index (Phi) is 18.1. The average Bonchev–Trinajstić information content (AvgIpc) is 3.63. The lowest BCUT2D eigenvalue weighted by Crippen LogP contribution is -2.59. The van der Waals surface area contributed by atoms with Crippen LogP contribution in [0.2, 0.25) is 0 Å². The van der Waals surface area contributed by atoms with E-state index in [1.807, 2.05) is 39.6 Å². The van der Waals surface area contributed by atoms with Crippen LogP contribution in [0.1, 0.15) is 120 Å². The zero-order valence-corrected chi connectivity index (χ0v) is 33.1. The van der Waals surface area contributed by atoms with Crippen molar-refractivity contribution in [1.29, 1.82) is 0 Å². The SMILES string of the molecule is CCCCOCN(C(=O)[C@@H](NC(=O)[C@H]1CCCCN1C)[C@@H](C)CC)[C@H](C[C@@H](O)c1nc(C(=O)N[C@H](CCC(=O)O)Cc2ccc(O)cc2)cs1)C(C)C. The van der Waals surface area contributed by atoms with Crippen LogP contribution in [-0.2, 0) is 25.5 Å². The summed E-state index contributed by atoms with van der Waals surface area (Å²) in [5.41, 5.74) is 0.918. The van der Waals surface area contributed by atoms with Crippen LogP contribution in [0.5, 0.6) is 5.75 Å². The molecule has 1 aromatic heterocycles. The first-order valence-corrected chi connectivity index (χ1v) is 20.0. The van der Waals surface area contributed by atoms with Crippen molar-refractivity contribution < 1.29 is 39.2 Å². The van der Waals surface area contributed by atoms with Gasteiger partial charge in [-0.25, -0.2) is 4.98 Å². The molecule has 0 unspecified atom stereocenters. The molecule has 13 nitrogen and oxygen atoms in total. The number of hydrogen-bond acceptors (Lipinski definition) is 10. The van der Waals surface area contributed by atoms with Crippen LogP contribution in [0.3, 0.4) is 0 Å². The van der Waals surface area contributed by atoms with Gasteiger partial charge >= 0.3 is 5.97 Å². The fraction of sp³-hybridized carbons (Fsp3) is 0.667. The maximum absolute atomic E-state index is 14.5. The third kappa shape index (κ3) is 13.6. The van der Waals surface area contributed by atoms with E-state index >= 15 is 0 Å². The normalized spacial score (nSPS) is 17.8. The highest BCUT2D eigenvalue weighted by atomic mass is 32.1. The number of phenolic OH excluding ortho intramolecular Hbond substituents is 1. The molecule has 14 heteroatoms. The molecule has 1 aliphatic heterocycles. The number of likely N-dealkylation sites (N-methyl/N-ethyl adjacent to an activating group) is 1. The number of nitrogens with zero attached hydrogens (tertiary/aromatic N) is 3. The number of aliphatic hydroxyl groups is 1. The molecule has 0 spiro atoms. The number of aromatic hydroxyl groups is 1. The molecule has 0 aliphatic carbocycles. The Morgan fingerprint density at radius 2 is 1.81 bits per heavy atom. The lowest BCUT2D eigenvalue weighted by Gasteiger charge is -2.39. The van der Waals surface area contributed by atoms with Gasteiger partial charge in [0.25, 0.3) is 5.91 Å². The van der Waals surface area contributed by atoms with E-state index in [1.54, 1.807) is 22.4 Å². The number of carboxylic acids is 1. The Bertz CT molecular complexity index is 1450. The predicted molar refractivity (Wildman–Crippen MR) is 204 cm³/mol.